The van der Waals surface area contributed by atoms with Crippen molar-refractivity contribution in [3.63, 3.8) is 0 Å². The number of nitrogens with two attached hydrogens (primary N) is 1. The van der Waals surface area contributed by atoms with Gasteiger partial charge in [0.1, 0.15) is 0 Å². The molecular formula is C15H25N3O2. The van der Waals surface area contributed by atoms with Gasteiger partial charge in [-0.3, -0.25) is 9.88 Å². The minimum atomic E-state index is -0.138. The van der Waals surface area contributed by atoms with Crippen LogP contribution in [0.4, 0.5) is 0 Å². The fourth-order valence-corrected chi connectivity index (χ4v) is 2.75. The number of aliphatic hydroxyl groups is 1. The lowest BCUT2D eigenvalue weighted by Crippen LogP contribution is -2.54. The predicted molar refractivity (Wildman–Crippen MR) is 78.2 cm³/mol. The van der Waals surface area contributed by atoms with Crippen LogP contribution in [-0.4, -0.2) is 52.9 Å². The van der Waals surface area contributed by atoms with Crippen LogP contribution in [0.3, 0.4) is 0 Å². The zero-order valence-corrected chi connectivity index (χ0v) is 12.3. The zero-order chi connectivity index (χ0) is 14.5. The van der Waals surface area contributed by atoms with Crippen molar-refractivity contribution in [1.29, 1.82) is 0 Å². The maximum atomic E-state index is 9.34. The Hall–Kier alpha value is -1.01. The largest absolute Gasteiger partial charge is 0.394 e. The number of ether oxygens (including phenoxy) is 1. The van der Waals surface area contributed by atoms with E-state index in [-0.39, 0.29) is 30.8 Å². The highest BCUT2D eigenvalue weighted by Gasteiger charge is 2.35. The fraction of sp³-hybridized carbons (Fsp3) is 0.667. The van der Waals surface area contributed by atoms with Crippen molar-refractivity contribution in [3.05, 3.63) is 30.1 Å². The molecule has 5 heteroatoms. The smallest absolute Gasteiger partial charge is 0.0933 e. The van der Waals surface area contributed by atoms with Crippen LogP contribution in [-0.2, 0) is 4.74 Å². The monoisotopic (exact) mass is 279 g/mol. The van der Waals surface area contributed by atoms with E-state index in [4.69, 9.17) is 10.5 Å². The molecule has 1 aliphatic heterocycles. The summed E-state index contributed by atoms with van der Waals surface area (Å²) in [5.74, 6) is 0. The first-order chi connectivity index (χ1) is 9.67. The average molecular weight is 279 g/mol. The number of pyridine rings is 1. The molecule has 0 amide bonds. The Morgan fingerprint density at radius 3 is 2.95 bits per heavy atom. The van der Waals surface area contributed by atoms with Gasteiger partial charge in [0.05, 0.1) is 31.1 Å². The number of rotatable bonds is 5. The molecule has 0 spiro atoms. The number of aromatic nitrogens is 1. The Bertz CT molecular complexity index is 401. The number of hydrogen-bond donors (Lipinski definition) is 2. The van der Waals surface area contributed by atoms with Crippen LogP contribution in [0, 0.1) is 0 Å². The second kappa shape index (κ2) is 7.13. The van der Waals surface area contributed by atoms with E-state index in [1.165, 1.54) is 0 Å². The van der Waals surface area contributed by atoms with Crippen molar-refractivity contribution >= 4 is 0 Å². The van der Waals surface area contributed by atoms with Crippen molar-refractivity contribution in [1.82, 2.24) is 9.88 Å². The first-order valence-corrected chi connectivity index (χ1v) is 7.32. The number of nitrogens with zero attached hydrogens (tertiary/aromatic N) is 2. The molecule has 1 aliphatic rings. The Morgan fingerprint density at radius 2 is 2.35 bits per heavy atom. The van der Waals surface area contributed by atoms with Crippen molar-refractivity contribution in [2.45, 2.75) is 44.5 Å². The molecule has 1 aromatic rings. The summed E-state index contributed by atoms with van der Waals surface area (Å²) >= 11 is 0. The SMILES string of the molecule is CCC(N)C(c1ccccn1)N1CC(CO)OCC1C. The lowest BCUT2D eigenvalue weighted by atomic mass is 9.97. The van der Waals surface area contributed by atoms with Gasteiger partial charge in [0.15, 0.2) is 0 Å². The number of hydrogen-bond acceptors (Lipinski definition) is 5. The van der Waals surface area contributed by atoms with E-state index < -0.39 is 0 Å². The van der Waals surface area contributed by atoms with Crippen LogP contribution in [0.5, 0.6) is 0 Å². The van der Waals surface area contributed by atoms with E-state index >= 15 is 0 Å². The van der Waals surface area contributed by atoms with Gasteiger partial charge in [0, 0.05) is 24.8 Å². The molecular weight excluding hydrogens is 254 g/mol. The molecule has 0 bridgehead atoms. The first-order valence-electron chi connectivity index (χ1n) is 7.32. The third-order valence-electron chi connectivity index (χ3n) is 3.98. The van der Waals surface area contributed by atoms with E-state index in [0.717, 1.165) is 12.1 Å². The summed E-state index contributed by atoms with van der Waals surface area (Å²) in [5, 5.41) is 9.34. The standard InChI is InChI=1S/C15H25N3O2/c1-3-13(16)15(14-6-4-5-7-17-14)18-8-12(9-19)20-10-11(18)2/h4-7,11-13,15,19H,3,8-10,16H2,1-2H3. The van der Waals surface area contributed by atoms with Crippen LogP contribution in [0.2, 0.25) is 0 Å². The first kappa shape index (κ1) is 15.4. The second-order valence-corrected chi connectivity index (χ2v) is 5.46. The fourth-order valence-electron chi connectivity index (χ4n) is 2.75. The van der Waals surface area contributed by atoms with Crippen molar-refractivity contribution in [3.8, 4) is 0 Å². The molecule has 20 heavy (non-hydrogen) atoms. The maximum absolute atomic E-state index is 9.34. The van der Waals surface area contributed by atoms with Crippen LogP contribution < -0.4 is 5.73 Å². The molecule has 0 aromatic carbocycles. The van der Waals surface area contributed by atoms with Gasteiger partial charge in [0.25, 0.3) is 0 Å². The Kier molecular flexibility index (Phi) is 5.48. The molecule has 5 nitrogen and oxygen atoms in total. The third-order valence-corrected chi connectivity index (χ3v) is 3.98. The van der Waals surface area contributed by atoms with Gasteiger partial charge in [0.2, 0.25) is 0 Å². The minimum absolute atomic E-state index is 0.0183. The molecule has 1 fully saturated rings. The summed E-state index contributed by atoms with van der Waals surface area (Å²) in [6.07, 6.45) is 2.55. The van der Waals surface area contributed by atoms with Crippen molar-refractivity contribution < 1.29 is 9.84 Å². The van der Waals surface area contributed by atoms with Gasteiger partial charge in [-0.25, -0.2) is 0 Å². The number of aliphatic hydroxyl groups excluding tert-OH is 1. The molecule has 1 aromatic heterocycles. The summed E-state index contributed by atoms with van der Waals surface area (Å²) in [6.45, 7) is 5.57. The highest BCUT2D eigenvalue weighted by atomic mass is 16.5. The van der Waals surface area contributed by atoms with Crippen LogP contribution in [0.1, 0.15) is 32.0 Å². The molecule has 4 atom stereocenters. The summed E-state index contributed by atoms with van der Waals surface area (Å²) in [7, 11) is 0. The summed E-state index contributed by atoms with van der Waals surface area (Å²) in [4.78, 5) is 6.80. The average Bonchev–Trinajstić information content (AvgIpc) is 2.50. The topological polar surface area (TPSA) is 71.6 Å². The van der Waals surface area contributed by atoms with Gasteiger partial charge in [-0.1, -0.05) is 13.0 Å². The lowest BCUT2D eigenvalue weighted by molar-refractivity contribution is -0.0953. The van der Waals surface area contributed by atoms with E-state index in [0.29, 0.717) is 13.2 Å². The van der Waals surface area contributed by atoms with E-state index in [9.17, 15) is 5.11 Å². The Morgan fingerprint density at radius 1 is 1.55 bits per heavy atom. The molecule has 1 saturated heterocycles. The third kappa shape index (κ3) is 3.35. The molecule has 4 unspecified atom stereocenters. The summed E-state index contributed by atoms with van der Waals surface area (Å²) < 4.78 is 5.62. The number of morpholine rings is 1. The van der Waals surface area contributed by atoms with Crippen LogP contribution in [0.15, 0.2) is 24.4 Å². The second-order valence-electron chi connectivity index (χ2n) is 5.46. The molecule has 112 valence electrons. The predicted octanol–water partition coefficient (Wildman–Crippen LogP) is 0.942. The molecule has 2 rings (SSSR count). The van der Waals surface area contributed by atoms with Gasteiger partial charge >= 0.3 is 0 Å². The zero-order valence-electron chi connectivity index (χ0n) is 12.3. The lowest BCUT2D eigenvalue weighted by Gasteiger charge is -2.44. The molecule has 3 N–H and O–H groups in total. The van der Waals surface area contributed by atoms with Crippen LogP contribution >= 0.6 is 0 Å². The highest BCUT2D eigenvalue weighted by molar-refractivity contribution is 5.12. The quantitative estimate of drug-likeness (QED) is 0.839. The summed E-state index contributed by atoms with van der Waals surface area (Å²) in [6, 6.07) is 6.28. The van der Waals surface area contributed by atoms with Crippen molar-refractivity contribution in [2.75, 3.05) is 19.8 Å². The Labute approximate surface area is 120 Å². The van der Waals surface area contributed by atoms with Gasteiger partial charge in [-0.2, -0.15) is 0 Å². The van der Waals surface area contributed by atoms with Gasteiger partial charge in [-0.05, 0) is 25.5 Å². The van der Waals surface area contributed by atoms with E-state index in [1.54, 1.807) is 6.20 Å². The van der Waals surface area contributed by atoms with Crippen molar-refractivity contribution in [2.24, 2.45) is 5.73 Å². The van der Waals surface area contributed by atoms with Crippen LogP contribution in [0.25, 0.3) is 0 Å². The highest BCUT2D eigenvalue weighted by Crippen LogP contribution is 2.28. The Balaban J connectivity index is 2.25. The molecule has 0 radical (unpaired) electrons. The minimum Gasteiger partial charge on any atom is -0.394 e. The molecule has 2 heterocycles. The van der Waals surface area contributed by atoms with Gasteiger partial charge < -0.3 is 15.6 Å². The molecule has 0 aliphatic carbocycles. The maximum Gasteiger partial charge on any atom is 0.0933 e. The van der Waals surface area contributed by atoms with E-state index in [2.05, 4.69) is 23.7 Å². The van der Waals surface area contributed by atoms with Gasteiger partial charge in [-0.15, -0.1) is 0 Å². The summed E-state index contributed by atoms with van der Waals surface area (Å²) in [5.41, 5.74) is 7.34. The normalized spacial score (nSPS) is 27.2. The molecule has 0 saturated carbocycles. The van der Waals surface area contributed by atoms with E-state index in [1.807, 2.05) is 18.2 Å².